The number of carboxylic acid groups (broad SMARTS) is 1. The summed E-state index contributed by atoms with van der Waals surface area (Å²) in [6.45, 7) is 0.358. The molecule has 8 heteroatoms. The van der Waals surface area contributed by atoms with Crippen molar-refractivity contribution in [1.29, 1.82) is 0 Å². The van der Waals surface area contributed by atoms with Gasteiger partial charge in [0.1, 0.15) is 5.82 Å². The van der Waals surface area contributed by atoms with Crippen molar-refractivity contribution < 1.29 is 22.7 Å². The molecule has 5 nitrogen and oxygen atoms in total. The van der Waals surface area contributed by atoms with E-state index in [4.69, 9.17) is 5.11 Å². The third kappa shape index (κ3) is 2.96. The van der Waals surface area contributed by atoms with E-state index in [-0.39, 0.29) is 34.8 Å². The maximum absolute atomic E-state index is 12.9. The lowest BCUT2D eigenvalue weighted by Gasteiger charge is -2.37. The Morgan fingerprint density at radius 2 is 2.11 bits per heavy atom. The Labute approximate surface area is 118 Å². The fraction of sp³-hybridized carbons (Fsp3) is 0.364. The van der Waals surface area contributed by atoms with Crippen molar-refractivity contribution in [2.45, 2.75) is 11.3 Å². The lowest BCUT2D eigenvalue weighted by molar-refractivity contribution is -0.139. The topological polar surface area (TPSA) is 74.7 Å². The first-order valence-corrected chi connectivity index (χ1v) is 7.71. The van der Waals surface area contributed by atoms with E-state index < -0.39 is 21.8 Å². The van der Waals surface area contributed by atoms with E-state index in [0.29, 0.717) is 0 Å². The number of carbonyl (C=O) groups is 1. The molecule has 0 spiro atoms. The lowest BCUT2D eigenvalue weighted by Crippen LogP contribution is -2.50. The summed E-state index contributed by atoms with van der Waals surface area (Å²) in [6.07, 6.45) is -0.0450. The quantitative estimate of drug-likeness (QED) is 0.895. The summed E-state index contributed by atoms with van der Waals surface area (Å²) in [6, 6.07) is 3.35. The van der Waals surface area contributed by atoms with Crippen molar-refractivity contribution in [1.82, 2.24) is 4.31 Å². The molecule has 0 radical (unpaired) electrons. The average Bonchev–Trinajstić information content (AvgIpc) is 2.21. The molecule has 1 fully saturated rings. The largest absolute Gasteiger partial charge is 0.481 e. The first-order chi connectivity index (χ1) is 8.80. The van der Waals surface area contributed by atoms with E-state index in [0.717, 1.165) is 12.1 Å². The molecule has 0 unspecified atom stereocenters. The van der Waals surface area contributed by atoms with Crippen molar-refractivity contribution in [3.63, 3.8) is 0 Å². The highest BCUT2D eigenvalue weighted by Crippen LogP contribution is 2.31. The van der Waals surface area contributed by atoms with Crippen molar-refractivity contribution in [3.8, 4) is 0 Å². The monoisotopic (exact) mass is 351 g/mol. The summed E-state index contributed by atoms with van der Waals surface area (Å²) in [5.41, 5.74) is 0. The molecule has 1 aliphatic rings. The third-order valence-corrected chi connectivity index (χ3v) is 5.71. The van der Waals surface area contributed by atoms with Gasteiger partial charge in [-0.05, 0) is 40.0 Å². The fourth-order valence-electron chi connectivity index (χ4n) is 1.92. The Hall–Kier alpha value is -0.990. The van der Waals surface area contributed by atoms with Crippen LogP contribution in [0.5, 0.6) is 0 Å². The number of aliphatic carboxylic acids is 1. The highest BCUT2D eigenvalue weighted by Gasteiger charge is 2.38. The minimum absolute atomic E-state index is 0.0114. The minimum atomic E-state index is -3.69. The van der Waals surface area contributed by atoms with Gasteiger partial charge in [-0.25, -0.2) is 12.8 Å². The fourth-order valence-corrected chi connectivity index (χ4v) is 4.52. The van der Waals surface area contributed by atoms with Crippen LogP contribution in [-0.2, 0) is 14.8 Å². The van der Waals surface area contributed by atoms with Gasteiger partial charge in [0.05, 0.1) is 11.3 Å². The maximum atomic E-state index is 12.9. The van der Waals surface area contributed by atoms with Crippen LogP contribution >= 0.6 is 15.9 Å². The molecule has 104 valence electrons. The molecule has 0 atom stereocenters. The Balaban J connectivity index is 2.14. The first kappa shape index (κ1) is 14.4. The van der Waals surface area contributed by atoms with Gasteiger partial charge < -0.3 is 5.11 Å². The number of benzene rings is 1. The Morgan fingerprint density at radius 3 is 2.63 bits per heavy atom. The zero-order valence-electron chi connectivity index (χ0n) is 9.71. The van der Waals surface area contributed by atoms with Crippen LogP contribution in [0.3, 0.4) is 0 Å². The van der Waals surface area contributed by atoms with E-state index >= 15 is 0 Å². The second-order valence-corrected chi connectivity index (χ2v) is 7.12. The van der Waals surface area contributed by atoms with E-state index in [2.05, 4.69) is 15.9 Å². The molecule has 1 aliphatic heterocycles. The smallest absolute Gasteiger partial charge is 0.303 e. The molecule has 0 aromatic heterocycles. The van der Waals surface area contributed by atoms with Gasteiger partial charge in [0.15, 0.2) is 0 Å². The van der Waals surface area contributed by atoms with Crippen LogP contribution in [0.4, 0.5) is 4.39 Å². The van der Waals surface area contributed by atoms with Crippen LogP contribution in [0, 0.1) is 11.7 Å². The Kier molecular flexibility index (Phi) is 3.93. The Bertz CT molecular complexity index is 613. The molecule has 1 N–H and O–H groups in total. The van der Waals surface area contributed by atoms with Crippen molar-refractivity contribution >= 4 is 31.9 Å². The molecule has 1 heterocycles. The molecule has 1 saturated heterocycles. The number of sulfonamides is 1. The van der Waals surface area contributed by atoms with E-state index in [1.165, 1.54) is 10.4 Å². The van der Waals surface area contributed by atoms with E-state index in [1.54, 1.807) is 0 Å². The van der Waals surface area contributed by atoms with Crippen LogP contribution in [0.15, 0.2) is 27.6 Å². The summed E-state index contributed by atoms with van der Waals surface area (Å²) < 4.78 is 38.7. The van der Waals surface area contributed by atoms with Crippen LogP contribution in [0.25, 0.3) is 0 Å². The van der Waals surface area contributed by atoms with Gasteiger partial charge in [-0.3, -0.25) is 4.79 Å². The number of nitrogens with zero attached hydrogens (tertiary/aromatic N) is 1. The van der Waals surface area contributed by atoms with Crippen molar-refractivity contribution in [2.75, 3.05) is 13.1 Å². The standard InChI is InChI=1S/C11H11BrFNO4S/c12-9-4-8(13)1-2-10(9)19(17,18)14-5-7(6-14)3-11(15)16/h1-2,4,7H,3,5-6H2,(H,15,16). The molecule has 0 saturated carbocycles. The van der Waals surface area contributed by atoms with Crippen molar-refractivity contribution in [3.05, 3.63) is 28.5 Å². The molecule has 2 rings (SSSR count). The second-order valence-electron chi connectivity index (χ2n) is 4.36. The van der Waals surface area contributed by atoms with Gasteiger partial charge in [-0.2, -0.15) is 4.31 Å². The summed E-state index contributed by atoms with van der Waals surface area (Å²) >= 11 is 3.02. The van der Waals surface area contributed by atoms with Gasteiger partial charge >= 0.3 is 5.97 Å². The normalized spacial score (nSPS) is 17.2. The van der Waals surface area contributed by atoms with E-state index in [1.807, 2.05) is 0 Å². The Morgan fingerprint density at radius 1 is 1.47 bits per heavy atom. The number of hydrogen-bond donors (Lipinski definition) is 1. The molecule has 0 aliphatic carbocycles. The summed E-state index contributed by atoms with van der Waals surface area (Å²) in [5, 5.41) is 8.61. The molecule has 19 heavy (non-hydrogen) atoms. The van der Waals surface area contributed by atoms with Gasteiger partial charge in [0, 0.05) is 17.6 Å². The lowest BCUT2D eigenvalue weighted by atomic mass is 10.00. The highest BCUT2D eigenvalue weighted by atomic mass is 79.9. The summed E-state index contributed by atoms with van der Waals surface area (Å²) in [7, 11) is -3.69. The number of hydrogen-bond acceptors (Lipinski definition) is 3. The van der Waals surface area contributed by atoms with Crippen molar-refractivity contribution in [2.24, 2.45) is 5.92 Å². The van der Waals surface area contributed by atoms with Crippen LogP contribution in [0.2, 0.25) is 0 Å². The molecule has 1 aromatic carbocycles. The van der Waals surface area contributed by atoms with Crippen LogP contribution in [0.1, 0.15) is 6.42 Å². The summed E-state index contributed by atoms with van der Waals surface area (Å²) in [5.74, 6) is -1.63. The molecule has 0 amide bonds. The zero-order chi connectivity index (χ0) is 14.2. The second kappa shape index (κ2) is 5.18. The van der Waals surface area contributed by atoms with Gasteiger partial charge in [-0.15, -0.1) is 0 Å². The molecular formula is C11H11BrFNO4S. The minimum Gasteiger partial charge on any atom is -0.481 e. The van der Waals surface area contributed by atoms with Gasteiger partial charge in [-0.1, -0.05) is 0 Å². The first-order valence-electron chi connectivity index (χ1n) is 5.47. The predicted molar refractivity (Wildman–Crippen MR) is 68.6 cm³/mol. The number of rotatable bonds is 4. The van der Waals surface area contributed by atoms with Gasteiger partial charge in [0.25, 0.3) is 0 Å². The zero-order valence-corrected chi connectivity index (χ0v) is 12.1. The van der Waals surface area contributed by atoms with Gasteiger partial charge in [0.2, 0.25) is 10.0 Å². The van der Waals surface area contributed by atoms with E-state index in [9.17, 15) is 17.6 Å². The third-order valence-electron chi connectivity index (χ3n) is 2.90. The highest BCUT2D eigenvalue weighted by molar-refractivity contribution is 9.10. The summed E-state index contributed by atoms with van der Waals surface area (Å²) in [4.78, 5) is 10.5. The number of carboxylic acids is 1. The SMILES string of the molecule is O=C(O)CC1CN(S(=O)(=O)c2ccc(F)cc2Br)C1. The molecular weight excluding hydrogens is 341 g/mol. The maximum Gasteiger partial charge on any atom is 0.303 e. The molecule has 1 aromatic rings. The van der Waals surface area contributed by atoms with Crippen LogP contribution < -0.4 is 0 Å². The average molecular weight is 352 g/mol. The number of halogens is 2. The molecule has 0 bridgehead atoms. The van der Waals surface area contributed by atoms with Crippen LogP contribution in [-0.4, -0.2) is 36.9 Å². The predicted octanol–water partition coefficient (Wildman–Crippen LogP) is 1.68.